The summed E-state index contributed by atoms with van der Waals surface area (Å²) >= 11 is 5.82. The van der Waals surface area contributed by atoms with Gasteiger partial charge >= 0.3 is 0 Å². The predicted octanol–water partition coefficient (Wildman–Crippen LogP) is 2.18. The zero-order valence-electron chi connectivity index (χ0n) is 9.62. The summed E-state index contributed by atoms with van der Waals surface area (Å²) in [6.07, 6.45) is 0. The molecule has 4 heteroatoms. The van der Waals surface area contributed by atoms with Gasteiger partial charge in [0.1, 0.15) is 6.04 Å². The summed E-state index contributed by atoms with van der Waals surface area (Å²) in [5.41, 5.74) is 0.647. The molecule has 1 aliphatic rings. The molecule has 0 saturated carbocycles. The lowest BCUT2D eigenvalue weighted by molar-refractivity contribution is -0.130. The number of likely N-dealkylation sites (N-methyl/N-ethyl adjacent to an activating group) is 1. The first kappa shape index (κ1) is 11.4. The van der Waals surface area contributed by atoms with Crippen molar-refractivity contribution in [2.24, 2.45) is 0 Å². The molecular formula is C12H15ClN2O. The van der Waals surface area contributed by atoms with E-state index in [2.05, 4.69) is 5.32 Å². The predicted molar refractivity (Wildman–Crippen MR) is 64.2 cm³/mol. The third-order valence-corrected chi connectivity index (χ3v) is 3.37. The number of nitrogens with zero attached hydrogens (tertiary/aromatic N) is 1. The summed E-state index contributed by atoms with van der Waals surface area (Å²) in [5, 5.41) is 3.98. The van der Waals surface area contributed by atoms with Gasteiger partial charge in [0.15, 0.2) is 0 Å². The van der Waals surface area contributed by atoms with Crippen LogP contribution in [-0.4, -0.2) is 23.5 Å². The Morgan fingerprint density at radius 3 is 2.31 bits per heavy atom. The van der Waals surface area contributed by atoms with Gasteiger partial charge in [0.2, 0.25) is 5.91 Å². The molecule has 0 aromatic heterocycles. The molecule has 1 aromatic carbocycles. The summed E-state index contributed by atoms with van der Waals surface area (Å²) in [4.78, 5) is 13.8. The number of hydrogen-bond donors (Lipinski definition) is 1. The van der Waals surface area contributed by atoms with Crippen LogP contribution in [0.25, 0.3) is 0 Å². The van der Waals surface area contributed by atoms with Gasteiger partial charge in [0, 0.05) is 12.1 Å². The highest BCUT2D eigenvalue weighted by Gasteiger charge is 2.42. The molecule has 3 nitrogen and oxygen atoms in total. The smallest absolute Gasteiger partial charge is 0.245 e. The first-order valence-electron chi connectivity index (χ1n) is 5.22. The number of amides is 1. The maximum atomic E-state index is 12.0. The molecule has 1 fully saturated rings. The fraction of sp³-hybridized carbons (Fsp3) is 0.417. The summed E-state index contributed by atoms with van der Waals surface area (Å²) in [5.74, 6) is 0.0901. The van der Waals surface area contributed by atoms with Crippen molar-refractivity contribution in [2.45, 2.75) is 25.6 Å². The van der Waals surface area contributed by atoms with Crippen LogP contribution in [0.15, 0.2) is 24.3 Å². The maximum absolute atomic E-state index is 12.0. The van der Waals surface area contributed by atoms with Crippen LogP contribution in [0, 0.1) is 0 Å². The van der Waals surface area contributed by atoms with E-state index < -0.39 is 0 Å². The first-order valence-corrected chi connectivity index (χ1v) is 5.60. The molecule has 86 valence electrons. The van der Waals surface area contributed by atoms with E-state index in [0.717, 1.165) is 5.56 Å². The van der Waals surface area contributed by atoms with Gasteiger partial charge in [-0.2, -0.15) is 0 Å². The maximum Gasteiger partial charge on any atom is 0.245 e. The second-order valence-corrected chi connectivity index (χ2v) is 5.02. The van der Waals surface area contributed by atoms with Gasteiger partial charge < -0.3 is 4.90 Å². The Balaban J connectivity index is 2.30. The lowest BCUT2D eigenvalue weighted by Crippen LogP contribution is -2.44. The van der Waals surface area contributed by atoms with E-state index >= 15 is 0 Å². The quantitative estimate of drug-likeness (QED) is 0.814. The number of carbonyl (C=O) groups is 1. The molecule has 1 amide bonds. The fourth-order valence-corrected chi connectivity index (χ4v) is 1.99. The molecule has 0 aliphatic carbocycles. The minimum Gasteiger partial charge on any atom is -0.326 e. The van der Waals surface area contributed by atoms with Crippen LogP contribution in [0.1, 0.15) is 25.5 Å². The zero-order chi connectivity index (χ0) is 11.9. The van der Waals surface area contributed by atoms with Gasteiger partial charge in [-0.05, 0) is 31.5 Å². The van der Waals surface area contributed by atoms with Crippen molar-refractivity contribution in [2.75, 3.05) is 7.05 Å². The largest absolute Gasteiger partial charge is 0.326 e. The second kappa shape index (κ2) is 3.75. The molecule has 1 saturated heterocycles. The van der Waals surface area contributed by atoms with Gasteiger partial charge in [0.05, 0.1) is 5.66 Å². The van der Waals surface area contributed by atoms with Crippen molar-refractivity contribution in [3.05, 3.63) is 34.9 Å². The Bertz CT molecular complexity index is 414. The van der Waals surface area contributed by atoms with Crippen LogP contribution in [0.5, 0.6) is 0 Å². The highest BCUT2D eigenvalue weighted by molar-refractivity contribution is 6.30. The Hall–Kier alpha value is -1.06. The normalized spacial score (nSPS) is 23.9. The summed E-state index contributed by atoms with van der Waals surface area (Å²) in [6, 6.07) is 7.10. The number of carbonyl (C=O) groups excluding carboxylic acids is 1. The molecule has 0 bridgehead atoms. The zero-order valence-corrected chi connectivity index (χ0v) is 10.4. The summed E-state index contributed by atoms with van der Waals surface area (Å²) < 4.78 is 0. The molecule has 1 N–H and O–H groups in total. The average Bonchev–Trinajstić information content (AvgIpc) is 2.44. The summed E-state index contributed by atoms with van der Waals surface area (Å²) in [6.45, 7) is 3.97. The first-order chi connectivity index (χ1) is 7.42. The van der Waals surface area contributed by atoms with Crippen LogP contribution >= 0.6 is 11.6 Å². The molecule has 1 heterocycles. The topological polar surface area (TPSA) is 32.3 Å². The van der Waals surface area contributed by atoms with E-state index in [1.54, 1.807) is 17.0 Å². The number of nitrogens with one attached hydrogen (secondary N) is 1. The molecule has 1 aromatic rings. The van der Waals surface area contributed by atoms with Crippen molar-refractivity contribution in [3.63, 3.8) is 0 Å². The van der Waals surface area contributed by atoms with E-state index in [1.807, 2.05) is 33.0 Å². The minimum atomic E-state index is -0.304. The minimum absolute atomic E-state index is 0.0901. The number of rotatable bonds is 1. The Labute approximate surface area is 100 Å². The van der Waals surface area contributed by atoms with E-state index in [-0.39, 0.29) is 17.6 Å². The highest BCUT2D eigenvalue weighted by atomic mass is 35.5. The molecule has 0 unspecified atom stereocenters. The van der Waals surface area contributed by atoms with Crippen molar-refractivity contribution < 1.29 is 4.79 Å². The van der Waals surface area contributed by atoms with Crippen molar-refractivity contribution in [1.82, 2.24) is 10.2 Å². The molecule has 0 spiro atoms. The van der Waals surface area contributed by atoms with Crippen LogP contribution in [-0.2, 0) is 4.79 Å². The van der Waals surface area contributed by atoms with E-state index in [4.69, 9.17) is 11.6 Å². The highest BCUT2D eigenvalue weighted by Crippen LogP contribution is 2.29. The molecular weight excluding hydrogens is 224 g/mol. The van der Waals surface area contributed by atoms with Gasteiger partial charge in [-0.1, -0.05) is 23.7 Å². The van der Waals surface area contributed by atoms with Crippen LogP contribution < -0.4 is 5.32 Å². The lowest BCUT2D eigenvalue weighted by atomic mass is 10.1. The molecule has 1 aliphatic heterocycles. The van der Waals surface area contributed by atoms with Gasteiger partial charge in [-0.3, -0.25) is 10.1 Å². The monoisotopic (exact) mass is 238 g/mol. The number of benzene rings is 1. The van der Waals surface area contributed by atoms with Crippen molar-refractivity contribution in [1.29, 1.82) is 0 Å². The molecule has 2 rings (SSSR count). The van der Waals surface area contributed by atoms with Crippen LogP contribution in [0.2, 0.25) is 5.02 Å². The molecule has 1 atom stereocenters. The summed E-state index contributed by atoms with van der Waals surface area (Å²) in [7, 11) is 1.81. The van der Waals surface area contributed by atoms with Crippen molar-refractivity contribution >= 4 is 17.5 Å². The third kappa shape index (κ3) is 1.81. The van der Waals surface area contributed by atoms with Crippen LogP contribution in [0.3, 0.4) is 0 Å². The van der Waals surface area contributed by atoms with E-state index in [1.165, 1.54) is 0 Å². The van der Waals surface area contributed by atoms with Gasteiger partial charge in [0.25, 0.3) is 0 Å². The second-order valence-electron chi connectivity index (χ2n) is 4.59. The van der Waals surface area contributed by atoms with Gasteiger partial charge in [-0.15, -0.1) is 0 Å². The van der Waals surface area contributed by atoms with Crippen molar-refractivity contribution in [3.8, 4) is 0 Å². The van der Waals surface area contributed by atoms with E-state index in [9.17, 15) is 4.79 Å². The Morgan fingerprint density at radius 2 is 1.88 bits per heavy atom. The SMILES string of the molecule is CN1C(=O)[C@@H](c2ccc(Cl)cc2)NC1(C)C. The fourth-order valence-electron chi connectivity index (χ4n) is 1.86. The number of halogens is 1. The van der Waals surface area contributed by atoms with Gasteiger partial charge in [-0.25, -0.2) is 0 Å². The molecule has 0 radical (unpaired) electrons. The molecule has 16 heavy (non-hydrogen) atoms. The Kier molecular flexibility index (Phi) is 2.68. The van der Waals surface area contributed by atoms with E-state index in [0.29, 0.717) is 5.02 Å². The standard InChI is InChI=1S/C12H15ClN2O/c1-12(2)14-10(11(16)15(12)3)8-4-6-9(13)7-5-8/h4-7,10,14H,1-3H3/t10-/m1/s1. The van der Waals surface area contributed by atoms with Crippen LogP contribution in [0.4, 0.5) is 0 Å². The lowest BCUT2D eigenvalue weighted by Gasteiger charge is -2.26. The third-order valence-electron chi connectivity index (χ3n) is 3.12. The number of hydrogen-bond acceptors (Lipinski definition) is 2. The Morgan fingerprint density at radius 1 is 1.31 bits per heavy atom. The average molecular weight is 239 g/mol.